The summed E-state index contributed by atoms with van der Waals surface area (Å²) in [7, 11) is 1.67. The Morgan fingerprint density at radius 1 is 1.11 bits per heavy atom. The first-order chi connectivity index (χ1) is 13.3. The van der Waals surface area contributed by atoms with Crippen molar-refractivity contribution in [3.8, 4) is 17.2 Å². The monoisotopic (exact) mass is 362 g/mol. The quantitative estimate of drug-likeness (QED) is 0.596. The van der Waals surface area contributed by atoms with Gasteiger partial charge in [0.2, 0.25) is 5.89 Å². The van der Waals surface area contributed by atoms with E-state index in [-0.39, 0.29) is 0 Å². The third kappa shape index (κ3) is 4.40. The second-order valence-electron chi connectivity index (χ2n) is 7.16. The highest BCUT2D eigenvalue weighted by molar-refractivity contribution is 5.54. The molecule has 0 saturated carbocycles. The van der Waals surface area contributed by atoms with E-state index in [0.717, 1.165) is 36.5 Å². The fourth-order valence-electron chi connectivity index (χ4n) is 3.86. The molecule has 4 heteroatoms. The highest BCUT2D eigenvalue weighted by Crippen LogP contribution is 2.26. The summed E-state index contributed by atoms with van der Waals surface area (Å²) in [5.41, 5.74) is 3.41. The zero-order valence-electron chi connectivity index (χ0n) is 15.8. The molecule has 1 fully saturated rings. The number of aromatic nitrogens is 1. The minimum Gasteiger partial charge on any atom is -0.497 e. The Bertz CT molecular complexity index is 842. The van der Waals surface area contributed by atoms with Gasteiger partial charge in [0, 0.05) is 18.2 Å². The summed E-state index contributed by atoms with van der Waals surface area (Å²) in [4.78, 5) is 7.26. The van der Waals surface area contributed by atoms with E-state index < -0.39 is 0 Å². The molecule has 4 nitrogen and oxygen atoms in total. The molecule has 1 aliphatic rings. The Hall–Kier alpha value is -2.59. The van der Waals surface area contributed by atoms with Gasteiger partial charge in [0.25, 0.3) is 0 Å². The summed E-state index contributed by atoms with van der Waals surface area (Å²) in [6.45, 7) is 2.00. The number of aryl methyl sites for hydroxylation is 1. The van der Waals surface area contributed by atoms with Gasteiger partial charge in [-0.15, -0.1) is 0 Å². The number of methoxy groups -OCH3 is 1. The second kappa shape index (κ2) is 8.40. The van der Waals surface area contributed by atoms with Crippen LogP contribution in [0.2, 0.25) is 0 Å². The maximum absolute atomic E-state index is 5.72. The molecule has 1 atom stereocenters. The molecule has 0 radical (unpaired) electrons. The molecule has 1 aromatic heterocycles. The first-order valence-electron chi connectivity index (χ1n) is 9.68. The molecule has 1 aliphatic heterocycles. The highest BCUT2D eigenvalue weighted by Gasteiger charge is 2.25. The van der Waals surface area contributed by atoms with Crippen LogP contribution in [0.3, 0.4) is 0 Å². The number of ether oxygens (including phenoxy) is 1. The van der Waals surface area contributed by atoms with E-state index in [9.17, 15) is 0 Å². The first-order valence-corrected chi connectivity index (χ1v) is 9.68. The predicted molar refractivity (Wildman–Crippen MR) is 107 cm³/mol. The van der Waals surface area contributed by atoms with Crippen molar-refractivity contribution in [2.75, 3.05) is 13.7 Å². The topological polar surface area (TPSA) is 38.5 Å². The SMILES string of the molecule is COc1ccc(-c2nc(CN3CCC[C@H]3CCc3ccccc3)co2)cc1. The standard InChI is InChI=1S/C23H26N2O2/c1-26-22-13-10-19(11-14-22)23-24-20(17-27-23)16-25-15-5-8-21(25)12-9-18-6-3-2-4-7-18/h2-4,6-7,10-11,13-14,17,21H,5,8-9,12,15-16H2,1H3/t21-/m0/s1. The van der Waals surface area contributed by atoms with Gasteiger partial charge in [-0.3, -0.25) is 4.90 Å². The summed E-state index contributed by atoms with van der Waals surface area (Å²) in [6, 6.07) is 19.2. The Kier molecular flexibility index (Phi) is 5.54. The molecule has 1 saturated heterocycles. The van der Waals surface area contributed by atoms with Crippen LogP contribution in [0.4, 0.5) is 0 Å². The number of likely N-dealkylation sites (tertiary alicyclic amines) is 1. The third-order valence-corrected chi connectivity index (χ3v) is 5.36. The summed E-state index contributed by atoms with van der Waals surface area (Å²) in [5.74, 6) is 1.51. The van der Waals surface area contributed by atoms with Gasteiger partial charge in [0.05, 0.1) is 12.8 Å². The fourth-order valence-corrected chi connectivity index (χ4v) is 3.86. The number of hydrogen-bond acceptors (Lipinski definition) is 4. The van der Waals surface area contributed by atoms with Crippen molar-refractivity contribution in [3.05, 3.63) is 72.1 Å². The van der Waals surface area contributed by atoms with Gasteiger partial charge in [-0.25, -0.2) is 4.98 Å². The van der Waals surface area contributed by atoms with Crippen LogP contribution in [-0.4, -0.2) is 29.6 Å². The largest absolute Gasteiger partial charge is 0.497 e. The van der Waals surface area contributed by atoms with E-state index in [1.807, 2.05) is 24.3 Å². The fraction of sp³-hybridized carbons (Fsp3) is 0.348. The molecular formula is C23H26N2O2. The molecule has 0 bridgehead atoms. The average molecular weight is 362 g/mol. The molecule has 2 heterocycles. The molecule has 2 aromatic carbocycles. The number of hydrogen-bond donors (Lipinski definition) is 0. The summed E-state index contributed by atoms with van der Waals surface area (Å²) in [6.07, 6.45) is 6.68. The molecule has 0 aliphatic carbocycles. The van der Waals surface area contributed by atoms with Crippen molar-refractivity contribution in [1.82, 2.24) is 9.88 Å². The van der Waals surface area contributed by atoms with Crippen LogP contribution in [0.25, 0.3) is 11.5 Å². The summed E-state index contributed by atoms with van der Waals surface area (Å²) < 4.78 is 10.9. The van der Waals surface area contributed by atoms with Crippen molar-refractivity contribution < 1.29 is 9.15 Å². The van der Waals surface area contributed by atoms with E-state index in [2.05, 4.69) is 35.2 Å². The molecule has 0 amide bonds. The van der Waals surface area contributed by atoms with Gasteiger partial charge >= 0.3 is 0 Å². The predicted octanol–water partition coefficient (Wildman–Crippen LogP) is 4.95. The van der Waals surface area contributed by atoms with E-state index in [1.54, 1.807) is 13.4 Å². The van der Waals surface area contributed by atoms with Crippen molar-refractivity contribution >= 4 is 0 Å². The van der Waals surface area contributed by atoms with Crippen LogP contribution < -0.4 is 4.74 Å². The van der Waals surface area contributed by atoms with Gasteiger partial charge in [0.1, 0.15) is 12.0 Å². The minimum absolute atomic E-state index is 0.631. The van der Waals surface area contributed by atoms with Crippen LogP contribution in [0.1, 0.15) is 30.5 Å². The van der Waals surface area contributed by atoms with E-state index in [0.29, 0.717) is 11.9 Å². The van der Waals surface area contributed by atoms with Crippen LogP contribution >= 0.6 is 0 Å². The Morgan fingerprint density at radius 3 is 2.70 bits per heavy atom. The Labute approximate surface area is 160 Å². The smallest absolute Gasteiger partial charge is 0.226 e. The lowest BCUT2D eigenvalue weighted by molar-refractivity contribution is 0.232. The van der Waals surface area contributed by atoms with Crippen molar-refractivity contribution in [1.29, 1.82) is 0 Å². The van der Waals surface area contributed by atoms with Crippen LogP contribution in [0.5, 0.6) is 5.75 Å². The highest BCUT2D eigenvalue weighted by atomic mass is 16.5. The van der Waals surface area contributed by atoms with Gasteiger partial charge in [0.15, 0.2) is 0 Å². The number of rotatable bonds is 7. The number of nitrogens with zero attached hydrogens (tertiary/aromatic N) is 2. The lowest BCUT2D eigenvalue weighted by Gasteiger charge is -2.23. The molecule has 4 rings (SSSR count). The zero-order valence-corrected chi connectivity index (χ0v) is 15.8. The molecule has 3 aromatic rings. The molecule has 0 N–H and O–H groups in total. The maximum Gasteiger partial charge on any atom is 0.226 e. The second-order valence-corrected chi connectivity index (χ2v) is 7.16. The normalized spacial score (nSPS) is 17.3. The van der Waals surface area contributed by atoms with Gasteiger partial charge in [-0.2, -0.15) is 0 Å². The Balaban J connectivity index is 1.37. The molecule has 0 unspecified atom stereocenters. The van der Waals surface area contributed by atoms with Crippen molar-refractivity contribution in [2.45, 2.75) is 38.3 Å². The molecule has 0 spiro atoms. The van der Waals surface area contributed by atoms with Crippen molar-refractivity contribution in [2.24, 2.45) is 0 Å². The molecule has 27 heavy (non-hydrogen) atoms. The van der Waals surface area contributed by atoms with Gasteiger partial charge in [-0.1, -0.05) is 30.3 Å². The van der Waals surface area contributed by atoms with Crippen LogP contribution in [0.15, 0.2) is 65.3 Å². The van der Waals surface area contributed by atoms with Crippen LogP contribution in [0, 0.1) is 0 Å². The summed E-state index contributed by atoms with van der Waals surface area (Å²) in [5, 5.41) is 0. The maximum atomic E-state index is 5.72. The molecular weight excluding hydrogens is 336 g/mol. The third-order valence-electron chi connectivity index (χ3n) is 5.36. The first kappa shape index (κ1) is 17.8. The number of oxazole rings is 1. The lowest BCUT2D eigenvalue weighted by atomic mass is 10.0. The lowest BCUT2D eigenvalue weighted by Crippen LogP contribution is -2.29. The molecule has 140 valence electrons. The number of benzene rings is 2. The Morgan fingerprint density at radius 2 is 1.93 bits per heavy atom. The minimum atomic E-state index is 0.631. The van der Waals surface area contributed by atoms with E-state index in [1.165, 1.54) is 24.8 Å². The summed E-state index contributed by atoms with van der Waals surface area (Å²) >= 11 is 0. The zero-order chi connectivity index (χ0) is 18.5. The van der Waals surface area contributed by atoms with Crippen molar-refractivity contribution in [3.63, 3.8) is 0 Å². The van der Waals surface area contributed by atoms with E-state index in [4.69, 9.17) is 14.1 Å². The van der Waals surface area contributed by atoms with Crippen LogP contribution in [-0.2, 0) is 13.0 Å². The van der Waals surface area contributed by atoms with Gasteiger partial charge < -0.3 is 9.15 Å². The van der Waals surface area contributed by atoms with Gasteiger partial charge in [-0.05, 0) is 62.1 Å². The van der Waals surface area contributed by atoms with E-state index >= 15 is 0 Å². The average Bonchev–Trinajstić information content (AvgIpc) is 3.37.